The first-order valence-corrected chi connectivity index (χ1v) is 10.9. The normalized spacial score (nSPS) is 15.7. The van der Waals surface area contributed by atoms with Gasteiger partial charge in [-0.1, -0.05) is 42.1 Å². The fourth-order valence-corrected chi connectivity index (χ4v) is 4.81. The van der Waals surface area contributed by atoms with Gasteiger partial charge >= 0.3 is 5.97 Å². The first-order chi connectivity index (χ1) is 14.6. The third kappa shape index (κ3) is 4.57. The van der Waals surface area contributed by atoms with Crippen LogP contribution in [-0.2, 0) is 6.42 Å². The Morgan fingerprint density at radius 2 is 2.10 bits per heavy atom. The lowest BCUT2D eigenvalue weighted by atomic mass is 9.83. The van der Waals surface area contributed by atoms with E-state index in [-0.39, 0.29) is 5.56 Å². The molecule has 1 aromatic heterocycles. The number of fused-ring (bicyclic) bond motifs is 1. The fourth-order valence-electron chi connectivity index (χ4n) is 3.84. The molecule has 1 unspecified atom stereocenters. The van der Waals surface area contributed by atoms with Crippen molar-refractivity contribution in [2.45, 2.75) is 41.9 Å². The van der Waals surface area contributed by atoms with Crippen molar-refractivity contribution in [3.8, 4) is 0 Å². The summed E-state index contributed by atoms with van der Waals surface area (Å²) in [6, 6.07) is 16.7. The number of carboxylic acids is 1. The number of benzene rings is 2. The predicted molar refractivity (Wildman–Crippen MR) is 121 cm³/mol. The highest BCUT2D eigenvalue weighted by Crippen LogP contribution is 2.37. The number of aromatic carboxylic acids is 1. The number of hydrogen-bond donors (Lipinski definition) is 2. The summed E-state index contributed by atoms with van der Waals surface area (Å²) in [5.41, 5.74) is 4.78. The molecule has 0 bridgehead atoms. The third-order valence-corrected chi connectivity index (χ3v) is 6.58. The van der Waals surface area contributed by atoms with Crippen molar-refractivity contribution in [3.63, 3.8) is 0 Å². The average molecular weight is 417 g/mol. The molecule has 0 fully saturated rings. The maximum Gasteiger partial charge on any atom is 0.337 e. The van der Waals surface area contributed by atoms with Crippen LogP contribution in [0.15, 0.2) is 83.0 Å². The molecule has 0 aliphatic heterocycles. The first kappa shape index (κ1) is 20.2. The molecule has 4 rings (SSSR count). The lowest BCUT2D eigenvalue weighted by Crippen LogP contribution is -2.09. The Labute approximate surface area is 181 Å². The summed E-state index contributed by atoms with van der Waals surface area (Å²) in [5, 5.41) is 12.4. The van der Waals surface area contributed by atoms with E-state index >= 15 is 0 Å². The van der Waals surface area contributed by atoms with E-state index in [9.17, 15) is 9.90 Å². The molecule has 30 heavy (non-hydrogen) atoms. The number of aromatic nitrogens is 1. The second kappa shape index (κ2) is 9.18. The summed E-state index contributed by atoms with van der Waals surface area (Å²) in [7, 11) is 0. The van der Waals surface area contributed by atoms with Gasteiger partial charge in [-0.05, 0) is 73.3 Å². The van der Waals surface area contributed by atoms with Crippen LogP contribution in [-0.4, -0.2) is 16.1 Å². The second-order valence-electron chi connectivity index (χ2n) is 7.46. The number of hydrogen-bond acceptors (Lipinski definition) is 4. The number of rotatable bonds is 6. The Morgan fingerprint density at radius 1 is 1.23 bits per heavy atom. The van der Waals surface area contributed by atoms with Gasteiger partial charge in [0.1, 0.15) is 0 Å². The van der Waals surface area contributed by atoms with Crippen molar-refractivity contribution in [1.29, 1.82) is 0 Å². The van der Waals surface area contributed by atoms with Gasteiger partial charge < -0.3 is 10.4 Å². The zero-order valence-corrected chi connectivity index (χ0v) is 17.7. The van der Waals surface area contributed by atoms with Crippen LogP contribution >= 0.6 is 11.8 Å². The van der Waals surface area contributed by atoms with Gasteiger partial charge in [0, 0.05) is 21.9 Å². The summed E-state index contributed by atoms with van der Waals surface area (Å²) in [5.74, 6) is -0.640. The number of aryl methyl sites for hydroxylation is 2. The van der Waals surface area contributed by atoms with E-state index in [0.717, 1.165) is 19.3 Å². The Morgan fingerprint density at radius 3 is 2.93 bits per heavy atom. The van der Waals surface area contributed by atoms with Crippen molar-refractivity contribution in [2.75, 3.05) is 5.32 Å². The predicted octanol–water partition coefficient (Wildman–Crippen LogP) is 6.29. The van der Waals surface area contributed by atoms with Crippen LogP contribution < -0.4 is 5.32 Å². The van der Waals surface area contributed by atoms with Crippen molar-refractivity contribution in [2.24, 2.45) is 0 Å². The fraction of sp³-hybridized carbons (Fsp3) is 0.200. The van der Waals surface area contributed by atoms with Crippen LogP contribution in [0.2, 0.25) is 0 Å². The molecule has 0 spiro atoms. The number of anilines is 1. The Hall–Kier alpha value is -3.05. The van der Waals surface area contributed by atoms with E-state index in [1.54, 1.807) is 0 Å². The van der Waals surface area contributed by atoms with Crippen molar-refractivity contribution >= 4 is 23.4 Å². The number of nitrogens with one attached hydrogen (secondary N) is 1. The Balaban J connectivity index is 1.50. The zero-order valence-electron chi connectivity index (χ0n) is 16.8. The van der Waals surface area contributed by atoms with E-state index in [4.69, 9.17) is 0 Å². The summed E-state index contributed by atoms with van der Waals surface area (Å²) >= 11 is 1.81. The van der Waals surface area contributed by atoms with Gasteiger partial charge in [0.05, 0.1) is 17.4 Å². The smallest absolute Gasteiger partial charge is 0.337 e. The number of allylic oxidation sites excluding steroid dienone is 1. The lowest BCUT2D eigenvalue weighted by molar-refractivity contribution is 0.0698. The summed E-state index contributed by atoms with van der Waals surface area (Å²) in [6.45, 7) is 2.15. The third-order valence-electron chi connectivity index (χ3n) is 5.42. The topological polar surface area (TPSA) is 62.2 Å². The second-order valence-corrected chi connectivity index (χ2v) is 8.57. The Bertz CT molecular complexity index is 1090. The van der Waals surface area contributed by atoms with Gasteiger partial charge in [0.15, 0.2) is 0 Å². The molecule has 152 valence electrons. The highest BCUT2D eigenvalue weighted by Gasteiger charge is 2.19. The van der Waals surface area contributed by atoms with Gasteiger partial charge in [-0.15, -0.1) is 0 Å². The van der Waals surface area contributed by atoms with E-state index in [1.807, 2.05) is 18.0 Å². The number of pyridine rings is 1. The number of carboxylic acid groups (broad SMARTS) is 1. The molecule has 0 saturated heterocycles. The Kier molecular flexibility index (Phi) is 6.19. The van der Waals surface area contributed by atoms with Crippen LogP contribution in [0.4, 0.5) is 5.69 Å². The molecule has 2 aromatic carbocycles. The largest absolute Gasteiger partial charge is 0.478 e. The monoisotopic (exact) mass is 416 g/mol. The quantitative estimate of drug-likeness (QED) is 0.495. The van der Waals surface area contributed by atoms with E-state index in [2.05, 4.69) is 65.8 Å². The van der Waals surface area contributed by atoms with Crippen LogP contribution in [0.25, 0.3) is 0 Å². The molecule has 1 atom stereocenters. The molecular formula is C25H24N2O2S. The minimum atomic E-state index is -0.963. The van der Waals surface area contributed by atoms with E-state index in [0.29, 0.717) is 11.6 Å². The zero-order chi connectivity index (χ0) is 20.9. The SMILES string of the molecule is Cc1ccccc1Sc1ccc2c(c1)CCCC2/C=C/Nc1cnccc1C(=O)O. The molecule has 3 aromatic rings. The van der Waals surface area contributed by atoms with Gasteiger partial charge in [-0.3, -0.25) is 4.98 Å². The van der Waals surface area contributed by atoms with Crippen LogP contribution in [0, 0.1) is 6.92 Å². The summed E-state index contributed by atoms with van der Waals surface area (Å²) in [4.78, 5) is 17.9. The highest BCUT2D eigenvalue weighted by molar-refractivity contribution is 7.99. The van der Waals surface area contributed by atoms with Crippen LogP contribution in [0.3, 0.4) is 0 Å². The molecule has 1 aliphatic carbocycles. The molecule has 0 radical (unpaired) electrons. The summed E-state index contributed by atoms with van der Waals surface area (Å²) in [6.07, 6.45) is 10.3. The summed E-state index contributed by atoms with van der Waals surface area (Å²) < 4.78 is 0. The number of nitrogens with zero attached hydrogens (tertiary/aromatic N) is 1. The van der Waals surface area contributed by atoms with E-state index < -0.39 is 5.97 Å². The molecule has 5 heteroatoms. The maximum atomic E-state index is 11.3. The molecule has 1 aliphatic rings. The van der Waals surface area contributed by atoms with Crippen LogP contribution in [0.5, 0.6) is 0 Å². The average Bonchev–Trinajstić information content (AvgIpc) is 2.75. The minimum Gasteiger partial charge on any atom is -0.478 e. The molecule has 2 N–H and O–H groups in total. The van der Waals surface area contributed by atoms with Gasteiger partial charge in [-0.25, -0.2) is 4.79 Å². The molecule has 4 nitrogen and oxygen atoms in total. The molecular weight excluding hydrogens is 392 g/mol. The minimum absolute atomic E-state index is 0.219. The molecule has 0 amide bonds. The standard InChI is InChI=1S/C25H24N2O2S/c1-17-5-2-3-8-24(17)30-20-9-10-21-18(6-4-7-19(21)15-20)11-14-27-23-16-26-13-12-22(23)25(28)29/h2-3,5,8-16,18,27H,4,6-7H2,1H3,(H,28,29)/b14-11+. The van der Waals surface area contributed by atoms with Gasteiger partial charge in [-0.2, -0.15) is 0 Å². The number of carbonyl (C=O) groups is 1. The molecule has 1 heterocycles. The van der Waals surface area contributed by atoms with Gasteiger partial charge in [0.2, 0.25) is 0 Å². The first-order valence-electron chi connectivity index (χ1n) is 10.1. The van der Waals surface area contributed by atoms with Crippen molar-refractivity contribution < 1.29 is 9.90 Å². The van der Waals surface area contributed by atoms with E-state index in [1.165, 1.54) is 44.9 Å². The van der Waals surface area contributed by atoms with Crippen molar-refractivity contribution in [3.05, 3.63) is 95.5 Å². The van der Waals surface area contributed by atoms with Gasteiger partial charge in [0.25, 0.3) is 0 Å². The highest BCUT2D eigenvalue weighted by atomic mass is 32.2. The van der Waals surface area contributed by atoms with Crippen molar-refractivity contribution in [1.82, 2.24) is 4.98 Å². The van der Waals surface area contributed by atoms with Crippen LogP contribution in [0.1, 0.15) is 45.8 Å². The lowest BCUT2D eigenvalue weighted by Gasteiger charge is -2.24. The molecule has 0 saturated carbocycles. The maximum absolute atomic E-state index is 11.3.